The first kappa shape index (κ1) is 18.5. The number of nitrogens with one attached hydrogen (secondary N) is 1. The molecule has 1 atom stereocenters. The van der Waals surface area contributed by atoms with Crippen molar-refractivity contribution in [3.8, 4) is 0 Å². The lowest BCUT2D eigenvalue weighted by Gasteiger charge is -2.13. The normalized spacial score (nSPS) is 12.2. The summed E-state index contributed by atoms with van der Waals surface area (Å²) in [7, 11) is 0. The van der Waals surface area contributed by atoms with E-state index in [0.717, 1.165) is 0 Å². The third-order valence-electron chi connectivity index (χ3n) is 3.90. The third kappa shape index (κ3) is 4.11. The van der Waals surface area contributed by atoms with Gasteiger partial charge in [0.25, 0.3) is 5.91 Å². The van der Waals surface area contributed by atoms with Gasteiger partial charge in [-0.25, -0.2) is 18.9 Å². The van der Waals surface area contributed by atoms with Crippen molar-refractivity contribution in [1.82, 2.24) is 14.8 Å². The monoisotopic (exact) mass is 370 g/mol. The van der Waals surface area contributed by atoms with Crippen LogP contribution in [0, 0.1) is 5.82 Å². The maximum atomic E-state index is 13.2. The fourth-order valence-electron chi connectivity index (χ4n) is 2.52. The predicted molar refractivity (Wildman–Crippen MR) is 97.8 cm³/mol. The lowest BCUT2D eigenvalue weighted by Crippen LogP contribution is -2.30. The number of benzene rings is 1. The van der Waals surface area contributed by atoms with Gasteiger partial charge in [-0.05, 0) is 45.0 Å². The van der Waals surface area contributed by atoms with Crippen molar-refractivity contribution in [2.24, 2.45) is 0 Å². The second-order valence-electron chi connectivity index (χ2n) is 6.37. The highest BCUT2D eigenvalue weighted by Crippen LogP contribution is 2.17. The Morgan fingerprint density at radius 3 is 2.67 bits per heavy atom. The number of hydrogen-bond donors (Lipinski definition) is 1. The second kappa shape index (κ2) is 7.53. The molecule has 0 fully saturated rings. The van der Waals surface area contributed by atoms with Gasteiger partial charge in [0.2, 0.25) is 0 Å². The SMILES string of the molecule is CC(OC(=O)c1cnc2c(cnn2C(C)C)c1)C(=O)Nc1cccc(F)c1. The second-order valence-corrected chi connectivity index (χ2v) is 6.37. The van der Waals surface area contributed by atoms with E-state index in [1.807, 2.05) is 13.8 Å². The van der Waals surface area contributed by atoms with Crippen molar-refractivity contribution in [3.05, 3.63) is 54.1 Å². The van der Waals surface area contributed by atoms with Gasteiger partial charge in [-0.15, -0.1) is 0 Å². The van der Waals surface area contributed by atoms with E-state index in [2.05, 4.69) is 15.4 Å². The van der Waals surface area contributed by atoms with Crippen LogP contribution >= 0.6 is 0 Å². The largest absolute Gasteiger partial charge is 0.449 e. The zero-order valence-corrected chi connectivity index (χ0v) is 15.1. The minimum atomic E-state index is -1.06. The van der Waals surface area contributed by atoms with Crippen LogP contribution in [0.5, 0.6) is 0 Å². The molecule has 3 aromatic rings. The molecule has 0 saturated heterocycles. The minimum absolute atomic E-state index is 0.138. The molecule has 1 unspecified atom stereocenters. The molecule has 8 heteroatoms. The van der Waals surface area contributed by atoms with Gasteiger partial charge in [-0.1, -0.05) is 6.07 Å². The number of carbonyl (C=O) groups excluding carboxylic acids is 2. The molecule has 2 heterocycles. The standard InChI is InChI=1S/C19H19FN4O3/c1-11(2)24-17-13(10-22-24)7-14(9-21-17)19(26)27-12(3)18(25)23-16-6-4-5-15(20)8-16/h4-12H,1-3H3,(H,23,25). The highest BCUT2D eigenvalue weighted by atomic mass is 19.1. The van der Waals surface area contributed by atoms with Crippen LogP contribution < -0.4 is 5.32 Å². The number of hydrogen-bond acceptors (Lipinski definition) is 5. The Morgan fingerprint density at radius 2 is 1.96 bits per heavy atom. The Balaban J connectivity index is 1.68. The number of esters is 1. The molecule has 140 valence electrons. The lowest BCUT2D eigenvalue weighted by molar-refractivity contribution is -0.123. The zero-order chi connectivity index (χ0) is 19.6. The molecule has 0 aliphatic heterocycles. The van der Waals surface area contributed by atoms with E-state index in [1.54, 1.807) is 23.0 Å². The first-order valence-electron chi connectivity index (χ1n) is 8.46. The number of nitrogens with zero attached hydrogens (tertiary/aromatic N) is 3. The number of pyridine rings is 1. The van der Waals surface area contributed by atoms with Gasteiger partial charge in [0.15, 0.2) is 11.8 Å². The molecule has 1 N–H and O–H groups in total. The molecule has 0 bridgehead atoms. The molecule has 3 rings (SSSR count). The highest BCUT2D eigenvalue weighted by molar-refractivity contribution is 5.98. The summed E-state index contributed by atoms with van der Waals surface area (Å²) in [6, 6.07) is 7.22. The summed E-state index contributed by atoms with van der Waals surface area (Å²) in [5, 5.41) is 7.45. The molecular formula is C19H19FN4O3. The van der Waals surface area contributed by atoms with E-state index in [9.17, 15) is 14.0 Å². The van der Waals surface area contributed by atoms with E-state index in [4.69, 9.17) is 4.74 Å². The highest BCUT2D eigenvalue weighted by Gasteiger charge is 2.20. The van der Waals surface area contributed by atoms with E-state index in [0.29, 0.717) is 11.0 Å². The minimum Gasteiger partial charge on any atom is -0.449 e. The molecule has 1 aromatic carbocycles. The number of ether oxygens (including phenoxy) is 1. The quantitative estimate of drug-likeness (QED) is 0.696. The average Bonchev–Trinajstić information content (AvgIpc) is 3.05. The lowest BCUT2D eigenvalue weighted by atomic mass is 10.2. The number of rotatable bonds is 5. The summed E-state index contributed by atoms with van der Waals surface area (Å²) >= 11 is 0. The van der Waals surface area contributed by atoms with E-state index in [-0.39, 0.29) is 17.3 Å². The predicted octanol–water partition coefficient (Wildman–Crippen LogP) is 3.34. The Hall–Kier alpha value is -3.29. The Bertz CT molecular complexity index is 1000. The number of fused-ring (bicyclic) bond motifs is 1. The molecule has 0 radical (unpaired) electrons. The van der Waals surface area contributed by atoms with Crippen molar-refractivity contribution < 1.29 is 18.7 Å². The van der Waals surface area contributed by atoms with Crippen molar-refractivity contribution in [2.45, 2.75) is 32.9 Å². The smallest absolute Gasteiger partial charge is 0.340 e. The third-order valence-corrected chi connectivity index (χ3v) is 3.90. The first-order chi connectivity index (χ1) is 12.8. The van der Waals surface area contributed by atoms with Crippen LogP contribution in [-0.4, -0.2) is 32.7 Å². The topological polar surface area (TPSA) is 86.1 Å². The fraction of sp³-hybridized carbons (Fsp3) is 0.263. The van der Waals surface area contributed by atoms with Crippen LogP contribution in [0.1, 0.15) is 37.2 Å². The van der Waals surface area contributed by atoms with Crippen molar-refractivity contribution in [2.75, 3.05) is 5.32 Å². The number of carbonyl (C=O) groups is 2. The van der Waals surface area contributed by atoms with Gasteiger partial charge < -0.3 is 10.1 Å². The van der Waals surface area contributed by atoms with E-state index >= 15 is 0 Å². The first-order valence-corrected chi connectivity index (χ1v) is 8.46. The van der Waals surface area contributed by atoms with Crippen LogP contribution in [0.25, 0.3) is 11.0 Å². The summed E-state index contributed by atoms with van der Waals surface area (Å²) in [6.07, 6.45) is 1.96. The molecule has 0 aliphatic rings. The molecule has 7 nitrogen and oxygen atoms in total. The zero-order valence-electron chi connectivity index (χ0n) is 15.1. The Labute approximate surface area is 155 Å². The average molecular weight is 370 g/mol. The molecule has 0 spiro atoms. The number of halogens is 1. The van der Waals surface area contributed by atoms with Crippen molar-refractivity contribution >= 4 is 28.6 Å². The fourth-order valence-corrected chi connectivity index (χ4v) is 2.52. The van der Waals surface area contributed by atoms with Crippen LogP contribution in [-0.2, 0) is 9.53 Å². The molecule has 0 aliphatic carbocycles. The summed E-state index contributed by atoms with van der Waals surface area (Å²) in [6.45, 7) is 5.40. The number of anilines is 1. The van der Waals surface area contributed by atoms with Gasteiger partial charge in [-0.2, -0.15) is 5.10 Å². The van der Waals surface area contributed by atoms with Gasteiger partial charge >= 0.3 is 5.97 Å². The van der Waals surface area contributed by atoms with Crippen LogP contribution in [0.2, 0.25) is 0 Å². The van der Waals surface area contributed by atoms with Gasteiger partial charge in [0.1, 0.15) is 5.82 Å². The van der Waals surface area contributed by atoms with Gasteiger partial charge in [-0.3, -0.25) is 4.79 Å². The van der Waals surface area contributed by atoms with Gasteiger partial charge in [0.05, 0.1) is 11.8 Å². The molecule has 27 heavy (non-hydrogen) atoms. The summed E-state index contributed by atoms with van der Waals surface area (Å²) in [4.78, 5) is 28.7. The van der Waals surface area contributed by atoms with Crippen molar-refractivity contribution in [1.29, 1.82) is 0 Å². The summed E-state index contributed by atoms with van der Waals surface area (Å²) in [5.74, 6) is -1.71. The molecule has 1 amide bonds. The maximum Gasteiger partial charge on any atom is 0.340 e. The summed E-state index contributed by atoms with van der Waals surface area (Å²) < 4.78 is 20.1. The van der Waals surface area contributed by atoms with Crippen LogP contribution in [0.15, 0.2) is 42.7 Å². The Kier molecular flexibility index (Phi) is 5.16. The number of amides is 1. The van der Waals surface area contributed by atoms with Crippen molar-refractivity contribution in [3.63, 3.8) is 0 Å². The number of aromatic nitrogens is 3. The van der Waals surface area contributed by atoms with E-state index in [1.165, 1.54) is 31.3 Å². The van der Waals surface area contributed by atoms with E-state index < -0.39 is 23.8 Å². The Morgan fingerprint density at radius 1 is 1.19 bits per heavy atom. The summed E-state index contributed by atoms with van der Waals surface area (Å²) in [5.41, 5.74) is 1.17. The maximum absolute atomic E-state index is 13.2. The van der Waals surface area contributed by atoms with Gasteiger partial charge in [0, 0.05) is 23.3 Å². The van der Waals surface area contributed by atoms with Crippen LogP contribution in [0.3, 0.4) is 0 Å². The van der Waals surface area contributed by atoms with Crippen LogP contribution in [0.4, 0.5) is 10.1 Å². The molecule has 0 saturated carbocycles. The molecular weight excluding hydrogens is 351 g/mol. The molecule has 2 aromatic heterocycles.